The topological polar surface area (TPSA) is 24.7 Å². The van der Waals surface area contributed by atoms with E-state index in [1.54, 1.807) is 20.8 Å². The SMILES string of the molecule is C#CC1(C(F)C(C)(C)C)N=N1. The summed E-state index contributed by atoms with van der Waals surface area (Å²) in [5.41, 5.74) is -1.64. The van der Waals surface area contributed by atoms with Crippen LogP contribution in [0.1, 0.15) is 20.8 Å². The standard InChI is InChI=1S/C8H11FN2/c1-5-8(10-11-8)6(9)7(2,3)4/h1,6H,2-4H3. The summed E-state index contributed by atoms with van der Waals surface area (Å²) >= 11 is 0. The van der Waals surface area contributed by atoms with Crippen molar-refractivity contribution in [3.05, 3.63) is 0 Å². The van der Waals surface area contributed by atoms with Crippen LogP contribution in [-0.4, -0.2) is 11.8 Å². The van der Waals surface area contributed by atoms with Gasteiger partial charge in [0.15, 0.2) is 6.17 Å². The van der Waals surface area contributed by atoms with Gasteiger partial charge in [-0.25, -0.2) is 4.39 Å². The second kappa shape index (κ2) is 2.04. The van der Waals surface area contributed by atoms with Crippen LogP contribution < -0.4 is 0 Å². The fourth-order valence-electron chi connectivity index (χ4n) is 0.890. The van der Waals surface area contributed by atoms with E-state index < -0.39 is 17.2 Å². The van der Waals surface area contributed by atoms with E-state index in [1.165, 1.54) is 0 Å². The first-order chi connectivity index (χ1) is 4.92. The highest BCUT2D eigenvalue weighted by Crippen LogP contribution is 2.41. The molecule has 2 nitrogen and oxygen atoms in total. The molecule has 0 N–H and O–H groups in total. The summed E-state index contributed by atoms with van der Waals surface area (Å²) in [6.45, 7) is 5.33. The summed E-state index contributed by atoms with van der Waals surface area (Å²) in [4.78, 5) is 0. The van der Waals surface area contributed by atoms with Crippen LogP contribution in [0.4, 0.5) is 4.39 Å². The van der Waals surface area contributed by atoms with Crippen molar-refractivity contribution in [1.29, 1.82) is 0 Å². The molecule has 1 unspecified atom stereocenters. The van der Waals surface area contributed by atoms with Gasteiger partial charge in [-0.1, -0.05) is 20.8 Å². The van der Waals surface area contributed by atoms with Crippen LogP contribution in [0, 0.1) is 17.8 Å². The summed E-state index contributed by atoms with van der Waals surface area (Å²) in [6, 6.07) is 0. The molecule has 1 aliphatic rings. The highest BCUT2D eigenvalue weighted by Gasteiger charge is 2.52. The van der Waals surface area contributed by atoms with Crippen LogP contribution in [0.3, 0.4) is 0 Å². The van der Waals surface area contributed by atoms with Crippen molar-refractivity contribution in [3.8, 4) is 12.3 Å². The zero-order valence-corrected chi connectivity index (χ0v) is 6.93. The second-order valence-corrected chi connectivity index (χ2v) is 3.80. The molecule has 3 heteroatoms. The van der Waals surface area contributed by atoms with Gasteiger partial charge < -0.3 is 0 Å². The van der Waals surface area contributed by atoms with Crippen LogP contribution in [-0.2, 0) is 0 Å². The largest absolute Gasteiger partial charge is 0.281 e. The fraction of sp³-hybridized carbons (Fsp3) is 0.750. The van der Waals surface area contributed by atoms with Crippen molar-refractivity contribution in [1.82, 2.24) is 0 Å². The van der Waals surface area contributed by atoms with Crippen LogP contribution in [0.25, 0.3) is 0 Å². The van der Waals surface area contributed by atoms with E-state index >= 15 is 0 Å². The molecule has 0 saturated carbocycles. The normalized spacial score (nSPS) is 22.5. The van der Waals surface area contributed by atoms with Crippen LogP contribution in [0.5, 0.6) is 0 Å². The monoisotopic (exact) mass is 154 g/mol. The number of halogens is 1. The molecule has 1 aliphatic heterocycles. The zero-order chi connectivity index (χ0) is 8.70. The molecule has 0 fully saturated rings. The predicted octanol–water partition coefficient (Wildman–Crippen LogP) is 2.17. The van der Waals surface area contributed by atoms with Crippen LogP contribution in [0.15, 0.2) is 10.2 Å². The Balaban J connectivity index is 2.71. The van der Waals surface area contributed by atoms with Crippen molar-refractivity contribution in [3.63, 3.8) is 0 Å². The molecule has 0 spiro atoms. The minimum absolute atomic E-state index is 0.490. The van der Waals surface area contributed by atoms with Crippen molar-refractivity contribution >= 4 is 0 Å². The molecule has 60 valence electrons. The van der Waals surface area contributed by atoms with E-state index in [9.17, 15) is 4.39 Å². The molecule has 11 heavy (non-hydrogen) atoms. The molecule has 0 saturated heterocycles. The number of terminal acetylenes is 1. The lowest BCUT2D eigenvalue weighted by molar-refractivity contribution is 0.135. The Morgan fingerprint density at radius 1 is 1.45 bits per heavy atom. The van der Waals surface area contributed by atoms with E-state index in [0.717, 1.165) is 0 Å². The Hall–Kier alpha value is -0.910. The molecule has 0 bridgehead atoms. The zero-order valence-electron chi connectivity index (χ0n) is 6.93. The van der Waals surface area contributed by atoms with Gasteiger partial charge in [-0.15, -0.1) is 16.7 Å². The van der Waals surface area contributed by atoms with Gasteiger partial charge in [0, 0.05) is 0 Å². The van der Waals surface area contributed by atoms with Gasteiger partial charge in [-0.2, -0.15) is 0 Å². The van der Waals surface area contributed by atoms with Crippen molar-refractivity contribution < 1.29 is 4.39 Å². The highest BCUT2D eigenvalue weighted by molar-refractivity contribution is 5.22. The second-order valence-electron chi connectivity index (χ2n) is 3.80. The number of alkyl halides is 1. The third kappa shape index (κ3) is 1.25. The lowest BCUT2D eigenvalue weighted by atomic mass is 9.84. The first-order valence-corrected chi connectivity index (χ1v) is 3.48. The fourth-order valence-corrected chi connectivity index (χ4v) is 0.890. The number of hydrogen-bond acceptors (Lipinski definition) is 2. The predicted molar refractivity (Wildman–Crippen MR) is 40.8 cm³/mol. The molecule has 1 atom stereocenters. The molecule has 0 aliphatic carbocycles. The average Bonchev–Trinajstić information content (AvgIpc) is 2.64. The summed E-state index contributed by atoms with van der Waals surface area (Å²) in [5, 5.41) is 7.07. The van der Waals surface area contributed by atoms with E-state index in [1.807, 2.05) is 0 Å². The van der Waals surface area contributed by atoms with Crippen LogP contribution in [0.2, 0.25) is 0 Å². The van der Waals surface area contributed by atoms with Gasteiger partial charge in [0.1, 0.15) is 0 Å². The molecule has 0 aromatic rings. The molecular formula is C8H11FN2. The van der Waals surface area contributed by atoms with Crippen molar-refractivity contribution in [2.75, 3.05) is 0 Å². The molecule has 1 heterocycles. The van der Waals surface area contributed by atoms with Gasteiger partial charge in [0.05, 0.1) is 0 Å². The average molecular weight is 154 g/mol. The number of rotatable bonds is 1. The molecular weight excluding hydrogens is 143 g/mol. The molecule has 0 radical (unpaired) electrons. The maximum absolute atomic E-state index is 13.4. The third-order valence-corrected chi connectivity index (χ3v) is 1.64. The van der Waals surface area contributed by atoms with Gasteiger partial charge in [0.25, 0.3) is 5.66 Å². The number of nitrogens with zero attached hydrogens (tertiary/aromatic N) is 2. The summed E-state index contributed by atoms with van der Waals surface area (Å²) in [5.74, 6) is 2.25. The van der Waals surface area contributed by atoms with Gasteiger partial charge in [0.2, 0.25) is 0 Å². The first kappa shape index (κ1) is 8.19. The van der Waals surface area contributed by atoms with Crippen molar-refractivity contribution in [2.45, 2.75) is 32.6 Å². The quantitative estimate of drug-likeness (QED) is 0.517. The molecule has 0 amide bonds. The number of hydrogen-bond donors (Lipinski definition) is 0. The van der Waals surface area contributed by atoms with E-state index in [-0.39, 0.29) is 0 Å². The van der Waals surface area contributed by atoms with Crippen molar-refractivity contribution in [2.24, 2.45) is 15.6 Å². The Kier molecular flexibility index (Phi) is 1.52. The first-order valence-electron chi connectivity index (χ1n) is 3.48. The van der Waals surface area contributed by atoms with Gasteiger partial charge in [-0.3, -0.25) is 0 Å². The minimum Gasteiger partial charge on any atom is -0.241 e. The Labute approximate surface area is 65.9 Å². The van der Waals surface area contributed by atoms with E-state index in [2.05, 4.69) is 16.1 Å². The smallest absolute Gasteiger partial charge is 0.241 e. The maximum atomic E-state index is 13.4. The van der Waals surface area contributed by atoms with Gasteiger partial charge >= 0.3 is 0 Å². The lowest BCUT2D eigenvalue weighted by Crippen LogP contribution is -2.35. The Morgan fingerprint density at radius 3 is 2.00 bits per heavy atom. The molecule has 0 aromatic carbocycles. The lowest BCUT2D eigenvalue weighted by Gasteiger charge is -2.24. The highest BCUT2D eigenvalue weighted by atomic mass is 19.1. The Bertz CT molecular complexity index is 225. The summed E-state index contributed by atoms with van der Waals surface area (Å²) in [6.07, 6.45) is 3.91. The third-order valence-electron chi connectivity index (χ3n) is 1.64. The minimum atomic E-state index is -1.18. The molecule has 1 rings (SSSR count). The van der Waals surface area contributed by atoms with E-state index in [0.29, 0.717) is 0 Å². The maximum Gasteiger partial charge on any atom is 0.281 e. The summed E-state index contributed by atoms with van der Waals surface area (Å²) in [7, 11) is 0. The summed E-state index contributed by atoms with van der Waals surface area (Å²) < 4.78 is 13.4. The van der Waals surface area contributed by atoms with Gasteiger partial charge in [-0.05, 0) is 11.3 Å². The Morgan fingerprint density at radius 2 is 1.91 bits per heavy atom. The van der Waals surface area contributed by atoms with E-state index in [4.69, 9.17) is 6.42 Å². The van der Waals surface area contributed by atoms with Crippen LogP contribution >= 0.6 is 0 Å². The molecule has 0 aromatic heterocycles.